The Morgan fingerprint density at radius 3 is 2.00 bits per heavy atom. The van der Waals surface area contributed by atoms with Crippen molar-refractivity contribution in [3.05, 3.63) is 94.6 Å². The molecule has 162 valence electrons. The molecule has 3 rings (SSSR count). The van der Waals surface area contributed by atoms with E-state index < -0.39 is 23.5 Å². The van der Waals surface area contributed by atoms with Gasteiger partial charge in [0.15, 0.2) is 5.82 Å². The number of nitrogens with zero attached hydrogens (tertiary/aromatic N) is 2. The number of allylic oxidation sites excluding steroid dienone is 1. The lowest BCUT2D eigenvalue weighted by Crippen LogP contribution is -2.12. The van der Waals surface area contributed by atoms with Gasteiger partial charge in [-0.25, -0.2) is 4.98 Å². The van der Waals surface area contributed by atoms with E-state index in [1.807, 2.05) is 0 Å². The number of ketones is 1. The van der Waals surface area contributed by atoms with E-state index in [1.165, 1.54) is 12.3 Å². The highest BCUT2D eigenvalue weighted by atomic mass is 19.4. The first kappa shape index (κ1) is 22.3. The summed E-state index contributed by atoms with van der Waals surface area (Å²) in [7, 11) is 1.68. The van der Waals surface area contributed by atoms with Crippen molar-refractivity contribution >= 4 is 11.9 Å². The van der Waals surface area contributed by atoms with E-state index >= 15 is 0 Å². The number of rotatable bonds is 5. The van der Waals surface area contributed by atoms with Crippen molar-refractivity contribution in [2.75, 3.05) is 0 Å². The van der Waals surface area contributed by atoms with Crippen LogP contribution in [0.2, 0.25) is 0 Å². The second-order valence-corrected chi connectivity index (χ2v) is 6.89. The molecule has 0 saturated carbocycles. The van der Waals surface area contributed by atoms with Crippen molar-refractivity contribution in [3.63, 3.8) is 0 Å². The summed E-state index contributed by atoms with van der Waals surface area (Å²) in [6.45, 7) is 0. The lowest BCUT2D eigenvalue weighted by molar-refractivity contribution is -0.143. The minimum atomic E-state index is -4.88. The average Bonchev–Trinajstić information content (AvgIpc) is 3.11. The van der Waals surface area contributed by atoms with E-state index in [9.17, 15) is 31.1 Å². The number of alkyl halides is 6. The van der Waals surface area contributed by atoms with Gasteiger partial charge >= 0.3 is 12.4 Å². The average molecular weight is 438 g/mol. The Hall–Kier alpha value is -3.36. The molecule has 1 heterocycles. The summed E-state index contributed by atoms with van der Waals surface area (Å²) >= 11 is 0. The normalized spacial score (nSPS) is 12.5. The van der Waals surface area contributed by atoms with Crippen LogP contribution in [0, 0.1) is 0 Å². The van der Waals surface area contributed by atoms with Crippen molar-refractivity contribution in [2.45, 2.75) is 18.8 Å². The van der Waals surface area contributed by atoms with E-state index in [4.69, 9.17) is 0 Å². The Morgan fingerprint density at radius 1 is 0.935 bits per heavy atom. The molecule has 0 amide bonds. The van der Waals surface area contributed by atoms with Crippen LogP contribution in [0.3, 0.4) is 0 Å². The fourth-order valence-corrected chi connectivity index (χ4v) is 2.95. The maximum absolute atomic E-state index is 13.0. The molecule has 1 aromatic heterocycles. The molecule has 0 spiro atoms. The highest BCUT2D eigenvalue weighted by Gasteiger charge is 2.36. The molecule has 2 aromatic carbocycles. The van der Waals surface area contributed by atoms with Gasteiger partial charge < -0.3 is 4.57 Å². The molecule has 0 fully saturated rings. The molecular formula is C22H16F6N2O. The smallest absolute Gasteiger partial charge is 0.331 e. The van der Waals surface area contributed by atoms with Crippen LogP contribution in [-0.2, 0) is 25.8 Å². The molecule has 3 aromatic rings. The summed E-state index contributed by atoms with van der Waals surface area (Å²) in [6, 6.07) is 7.95. The first-order valence-corrected chi connectivity index (χ1v) is 9.00. The molecule has 0 aliphatic heterocycles. The number of carbonyl (C=O) groups is 1. The predicted octanol–water partition coefficient (Wildman–Crippen LogP) is 5.94. The van der Waals surface area contributed by atoms with E-state index in [2.05, 4.69) is 4.98 Å². The summed E-state index contributed by atoms with van der Waals surface area (Å²) in [5.74, 6) is -0.0434. The van der Waals surface area contributed by atoms with E-state index in [0.29, 0.717) is 23.3 Å². The van der Waals surface area contributed by atoms with Crippen molar-refractivity contribution in [1.29, 1.82) is 0 Å². The number of halogens is 6. The van der Waals surface area contributed by atoms with Gasteiger partial charge in [0.1, 0.15) is 0 Å². The molecule has 0 saturated heterocycles. The van der Waals surface area contributed by atoms with E-state index in [0.717, 1.165) is 0 Å². The monoisotopic (exact) mass is 438 g/mol. The van der Waals surface area contributed by atoms with Gasteiger partial charge in [0, 0.05) is 19.4 Å². The Bertz CT molecular complexity index is 1080. The first-order valence-electron chi connectivity index (χ1n) is 9.00. The zero-order valence-electron chi connectivity index (χ0n) is 16.1. The summed E-state index contributed by atoms with van der Waals surface area (Å²) in [6.07, 6.45) is -3.87. The van der Waals surface area contributed by atoms with Crippen LogP contribution in [0.15, 0.2) is 60.9 Å². The second-order valence-electron chi connectivity index (χ2n) is 6.89. The second kappa shape index (κ2) is 8.41. The lowest BCUT2D eigenvalue weighted by Gasteiger charge is -2.14. The molecule has 0 N–H and O–H groups in total. The van der Waals surface area contributed by atoms with Crippen LogP contribution in [0.5, 0.6) is 0 Å². The van der Waals surface area contributed by atoms with Gasteiger partial charge in [-0.3, -0.25) is 4.79 Å². The number of aryl methyl sites for hydroxylation is 1. The Kier molecular flexibility index (Phi) is 6.06. The Morgan fingerprint density at radius 2 is 1.52 bits per heavy atom. The van der Waals surface area contributed by atoms with Gasteiger partial charge in [-0.15, -0.1) is 0 Å². The number of imidazole rings is 1. The molecule has 0 aliphatic carbocycles. The minimum Gasteiger partial charge on any atom is -0.331 e. The molecule has 0 bridgehead atoms. The quantitative estimate of drug-likeness (QED) is 0.281. The first-order chi connectivity index (χ1) is 14.4. The van der Waals surface area contributed by atoms with Gasteiger partial charge in [0.2, 0.25) is 5.78 Å². The summed E-state index contributed by atoms with van der Waals surface area (Å²) in [4.78, 5) is 16.0. The highest BCUT2D eigenvalue weighted by Crippen LogP contribution is 2.36. The van der Waals surface area contributed by atoms with Crippen molar-refractivity contribution < 1.29 is 31.1 Å². The summed E-state index contributed by atoms with van der Waals surface area (Å²) in [5.41, 5.74) is -1.61. The molecule has 0 atom stereocenters. The number of carbonyl (C=O) groups excluding carboxylic acids is 1. The lowest BCUT2D eigenvalue weighted by atomic mass is 9.98. The van der Waals surface area contributed by atoms with Gasteiger partial charge in [0.05, 0.1) is 11.1 Å². The van der Waals surface area contributed by atoms with Crippen molar-refractivity contribution in [3.8, 4) is 0 Å². The van der Waals surface area contributed by atoms with Gasteiger partial charge in [-0.2, -0.15) is 26.3 Å². The summed E-state index contributed by atoms with van der Waals surface area (Å²) in [5, 5.41) is 0. The highest BCUT2D eigenvalue weighted by molar-refractivity contribution is 6.04. The van der Waals surface area contributed by atoms with Crippen LogP contribution in [0.4, 0.5) is 26.3 Å². The van der Waals surface area contributed by atoms with Crippen molar-refractivity contribution in [2.24, 2.45) is 7.05 Å². The standard InChI is InChI=1S/C22H16F6N2O/c1-30-9-8-29-20(30)19(31)7-6-14-2-4-15(5-3-14)10-16-11-17(21(23,24)25)13-18(12-16)22(26,27)28/h2-9,11-13H,10H2,1H3/b7-6+. The molecular weight excluding hydrogens is 422 g/mol. The molecule has 9 heteroatoms. The Labute approximate surface area is 173 Å². The maximum Gasteiger partial charge on any atom is 0.416 e. The largest absolute Gasteiger partial charge is 0.416 e. The molecule has 3 nitrogen and oxygen atoms in total. The SMILES string of the molecule is Cn1ccnc1C(=O)/C=C/c1ccc(Cc2cc(C(F)(F)F)cc(C(F)(F)F)c2)cc1. The fourth-order valence-electron chi connectivity index (χ4n) is 2.95. The van der Waals surface area contributed by atoms with Crippen LogP contribution in [-0.4, -0.2) is 15.3 Å². The third kappa shape index (κ3) is 5.62. The van der Waals surface area contributed by atoms with Crippen LogP contribution in [0.1, 0.15) is 38.4 Å². The third-order valence-corrected chi connectivity index (χ3v) is 4.50. The van der Waals surface area contributed by atoms with Gasteiger partial charge in [-0.1, -0.05) is 30.3 Å². The van der Waals surface area contributed by atoms with Gasteiger partial charge in [-0.05, 0) is 47.4 Å². The minimum absolute atomic E-state index is 0.101. The molecule has 31 heavy (non-hydrogen) atoms. The number of benzene rings is 2. The molecule has 0 radical (unpaired) electrons. The van der Waals surface area contributed by atoms with Crippen LogP contribution < -0.4 is 0 Å². The fraction of sp³-hybridized carbons (Fsp3) is 0.182. The maximum atomic E-state index is 13.0. The number of aromatic nitrogens is 2. The third-order valence-electron chi connectivity index (χ3n) is 4.50. The van der Waals surface area contributed by atoms with E-state index in [-0.39, 0.29) is 29.7 Å². The zero-order valence-corrected chi connectivity index (χ0v) is 16.1. The Balaban J connectivity index is 1.79. The van der Waals surface area contributed by atoms with Crippen molar-refractivity contribution in [1.82, 2.24) is 9.55 Å². The van der Waals surface area contributed by atoms with E-state index in [1.54, 1.807) is 48.2 Å². The van der Waals surface area contributed by atoms with Crippen LogP contribution >= 0.6 is 0 Å². The topological polar surface area (TPSA) is 34.9 Å². The predicted molar refractivity (Wildman–Crippen MR) is 102 cm³/mol. The molecule has 0 unspecified atom stereocenters. The van der Waals surface area contributed by atoms with Crippen LogP contribution in [0.25, 0.3) is 6.08 Å². The van der Waals surface area contributed by atoms with Gasteiger partial charge in [0.25, 0.3) is 0 Å². The molecule has 0 aliphatic rings. The number of hydrogen-bond donors (Lipinski definition) is 0. The summed E-state index contributed by atoms with van der Waals surface area (Å²) < 4.78 is 79.5. The zero-order chi connectivity index (χ0) is 22.8. The number of hydrogen-bond acceptors (Lipinski definition) is 2.